The van der Waals surface area contributed by atoms with Gasteiger partial charge in [-0.15, -0.1) is 0 Å². The van der Waals surface area contributed by atoms with E-state index in [0.29, 0.717) is 34.9 Å². The van der Waals surface area contributed by atoms with Crippen LogP contribution in [0.4, 0.5) is 4.39 Å². The van der Waals surface area contributed by atoms with Crippen LogP contribution in [0.5, 0.6) is 0 Å². The van der Waals surface area contributed by atoms with Gasteiger partial charge in [0.2, 0.25) is 5.91 Å². The van der Waals surface area contributed by atoms with Gasteiger partial charge in [-0.2, -0.15) is 10.4 Å². The molecule has 1 heterocycles. The molecule has 140 valence electrons. The fraction of sp³-hybridized carbons (Fsp3) is 0.350. The lowest BCUT2D eigenvalue weighted by Gasteiger charge is -2.31. The fourth-order valence-electron chi connectivity index (χ4n) is 3.31. The minimum atomic E-state index is -0.781. The first-order valence-corrected chi connectivity index (χ1v) is 9.24. The predicted octanol–water partition coefficient (Wildman–Crippen LogP) is 4.33. The highest BCUT2D eigenvalue weighted by Gasteiger charge is 2.32. The molecule has 1 amide bonds. The molecular weight excluding hydrogens is 367 g/mol. The smallest absolute Gasteiger partial charge is 0.245 e. The van der Waals surface area contributed by atoms with Crippen molar-refractivity contribution in [2.75, 3.05) is 0 Å². The minimum absolute atomic E-state index is 0.329. The van der Waals surface area contributed by atoms with Gasteiger partial charge in [0.25, 0.3) is 0 Å². The first-order chi connectivity index (χ1) is 12.9. The second-order valence-electron chi connectivity index (χ2n) is 6.76. The van der Waals surface area contributed by atoms with Gasteiger partial charge in [0.05, 0.1) is 17.5 Å². The van der Waals surface area contributed by atoms with Crippen LogP contribution in [-0.2, 0) is 4.79 Å². The predicted molar refractivity (Wildman–Crippen MR) is 102 cm³/mol. The Morgan fingerprint density at radius 3 is 2.63 bits per heavy atom. The molecule has 1 aromatic carbocycles. The number of carbonyl (C=O) groups is 1. The Kier molecular flexibility index (Phi) is 5.62. The summed E-state index contributed by atoms with van der Waals surface area (Å²) in [5.41, 5.74) is 1.09. The topological polar surface area (TPSA) is 70.7 Å². The highest BCUT2D eigenvalue weighted by atomic mass is 35.5. The summed E-state index contributed by atoms with van der Waals surface area (Å²) >= 11 is 6.41. The lowest BCUT2D eigenvalue weighted by Crippen LogP contribution is -2.48. The lowest BCUT2D eigenvalue weighted by atomic mass is 9.83. The van der Waals surface area contributed by atoms with Crippen LogP contribution in [0.15, 0.2) is 30.3 Å². The molecule has 1 saturated carbocycles. The molecule has 7 heteroatoms. The molecule has 1 aliphatic rings. The Hall–Kier alpha value is -2.65. The number of hydrogen-bond donors (Lipinski definition) is 1. The normalized spacial score (nSPS) is 16.2. The molecule has 1 fully saturated rings. The Bertz CT molecular complexity index is 905. The van der Waals surface area contributed by atoms with Gasteiger partial charge in [0.1, 0.15) is 16.5 Å². The summed E-state index contributed by atoms with van der Waals surface area (Å²) in [5, 5.41) is 17.0. The van der Waals surface area contributed by atoms with E-state index in [-0.39, 0.29) is 11.7 Å². The van der Waals surface area contributed by atoms with Crippen molar-refractivity contribution in [1.82, 2.24) is 15.1 Å². The van der Waals surface area contributed by atoms with Crippen molar-refractivity contribution in [3.63, 3.8) is 0 Å². The maximum Gasteiger partial charge on any atom is 0.245 e. The number of nitrogens with one attached hydrogen (secondary N) is 1. The second-order valence-corrected chi connectivity index (χ2v) is 7.11. The van der Waals surface area contributed by atoms with Crippen molar-refractivity contribution >= 4 is 23.6 Å². The number of hydrogen-bond acceptors (Lipinski definition) is 3. The third kappa shape index (κ3) is 4.20. The minimum Gasteiger partial charge on any atom is -0.334 e. The van der Waals surface area contributed by atoms with E-state index < -0.39 is 5.54 Å². The second kappa shape index (κ2) is 7.93. The quantitative estimate of drug-likeness (QED) is 0.795. The number of rotatable bonds is 4. The maximum atomic E-state index is 13.1. The zero-order valence-corrected chi connectivity index (χ0v) is 15.8. The zero-order valence-electron chi connectivity index (χ0n) is 15.0. The number of amides is 1. The van der Waals surface area contributed by atoms with E-state index >= 15 is 0 Å². The van der Waals surface area contributed by atoms with E-state index in [1.165, 1.54) is 22.9 Å². The molecule has 3 rings (SSSR count). The van der Waals surface area contributed by atoms with Crippen molar-refractivity contribution in [2.24, 2.45) is 0 Å². The molecule has 0 saturated heterocycles. The molecule has 27 heavy (non-hydrogen) atoms. The molecule has 1 N–H and O–H groups in total. The maximum absolute atomic E-state index is 13.1. The van der Waals surface area contributed by atoms with E-state index in [1.54, 1.807) is 25.1 Å². The summed E-state index contributed by atoms with van der Waals surface area (Å²) in [4.78, 5) is 12.3. The molecular formula is C20H20ClFN4O. The van der Waals surface area contributed by atoms with Crippen LogP contribution < -0.4 is 5.32 Å². The van der Waals surface area contributed by atoms with E-state index in [1.807, 2.05) is 0 Å². The summed E-state index contributed by atoms with van der Waals surface area (Å²) in [6, 6.07) is 8.08. The van der Waals surface area contributed by atoms with Gasteiger partial charge in [-0.25, -0.2) is 9.07 Å². The number of aryl methyl sites for hydroxylation is 1. The average Bonchev–Trinajstić information content (AvgIpc) is 2.95. The molecule has 0 radical (unpaired) electrons. The van der Waals surface area contributed by atoms with Crippen LogP contribution in [-0.4, -0.2) is 21.2 Å². The zero-order chi connectivity index (χ0) is 19.4. The monoisotopic (exact) mass is 386 g/mol. The molecule has 1 aromatic heterocycles. The van der Waals surface area contributed by atoms with Crippen molar-refractivity contribution in [1.29, 1.82) is 5.26 Å². The summed E-state index contributed by atoms with van der Waals surface area (Å²) in [5.74, 6) is -0.673. The van der Waals surface area contributed by atoms with Crippen LogP contribution in [0.3, 0.4) is 0 Å². The number of nitrogens with zero attached hydrogens (tertiary/aromatic N) is 3. The number of carbonyl (C=O) groups excluding carboxylic acids is 1. The molecule has 0 spiro atoms. The van der Waals surface area contributed by atoms with E-state index in [2.05, 4.69) is 16.5 Å². The fourth-order valence-corrected chi connectivity index (χ4v) is 3.65. The Morgan fingerprint density at radius 2 is 2.00 bits per heavy atom. The molecule has 0 unspecified atom stereocenters. The van der Waals surface area contributed by atoms with Crippen LogP contribution in [0.2, 0.25) is 5.15 Å². The first-order valence-electron chi connectivity index (χ1n) is 8.87. The van der Waals surface area contributed by atoms with Gasteiger partial charge in [-0.05, 0) is 50.1 Å². The van der Waals surface area contributed by atoms with Gasteiger partial charge in [-0.1, -0.05) is 30.9 Å². The van der Waals surface area contributed by atoms with E-state index in [4.69, 9.17) is 11.6 Å². The Balaban J connectivity index is 1.78. The van der Waals surface area contributed by atoms with Gasteiger partial charge in [-0.3, -0.25) is 4.79 Å². The largest absolute Gasteiger partial charge is 0.334 e. The molecule has 1 aliphatic carbocycles. The first kappa shape index (κ1) is 19.1. The summed E-state index contributed by atoms with van der Waals surface area (Å²) in [7, 11) is 0. The number of halogens is 2. The molecule has 5 nitrogen and oxygen atoms in total. The Morgan fingerprint density at radius 1 is 1.33 bits per heavy atom. The highest BCUT2D eigenvalue weighted by molar-refractivity contribution is 6.31. The van der Waals surface area contributed by atoms with Crippen LogP contribution >= 0.6 is 11.6 Å². The van der Waals surface area contributed by atoms with Crippen molar-refractivity contribution in [3.8, 4) is 11.8 Å². The van der Waals surface area contributed by atoms with E-state index in [0.717, 1.165) is 19.3 Å². The lowest BCUT2D eigenvalue weighted by molar-refractivity contribution is -0.118. The number of benzene rings is 1. The number of aromatic nitrogens is 2. The van der Waals surface area contributed by atoms with Crippen LogP contribution in [0, 0.1) is 24.1 Å². The summed E-state index contributed by atoms with van der Waals surface area (Å²) < 4.78 is 14.6. The van der Waals surface area contributed by atoms with Crippen LogP contribution in [0.25, 0.3) is 11.8 Å². The van der Waals surface area contributed by atoms with E-state index in [9.17, 15) is 14.4 Å². The van der Waals surface area contributed by atoms with Gasteiger partial charge >= 0.3 is 0 Å². The number of nitriles is 1. The molecule has 0 aliphatic heterocycles. The van der Waals surface area contributed by atoms with Gasteiger partial charge in [0, 0.05) is 11.6 Å². The molecule has 0 bridgehead atoms. The average molecular weight is 387 g/mol. The third-order valence-electron chi connectivity index (χ3n) is 4.80. The van der Waals surface area contributed by atoms with Gasteiger partial charge < -0.3 is 5.32 Å². The third-order valence-corrected chi connectivity index (χ3v) is 5.17. The summed E-state index contributed by atoms with van der Waals surface area (Å²) in [6.45, 7) is 1.78. The van der Waals surface area contributed by atoms with Crippen LogP contribution in [0.1, 0.15) is 43.4 Å². The summed E-state index contributed by atoms with van der Waals surface area (Å²) in [6.07, 6.45) is 7.27. The van der Waals surface area contributed by atoms with Crippen molar-refractivity contribution in [3.05, 3.63) is 52.6 Å². The molecule has 0 atom stereocenters. The standard InChI is InChI=1S/C20H20ClFN4O/c1-14-17(19(21)26(25-14)16-7-5-15(22)6-8-16)9-10-18(27)24-20(13-23)11-3-2-4-12-20/h5-10H,2-4,11-12H2,1H3,(H,24,27)/b10-9+. The SMILES string of the molecule is Cc1nn(-c2ccc(F)cc2)c(Cl)c1/C=C/C(=O)NC1(C#N)CCCCC1. The van der Waals surface area contributed by atoms with Crippen molar-refractivity contribution in [2.45, 2.75) is 44.6 Å². The molecule has 2 aromatic rings. The Labute approximate surface area is 162 Å². The van der Waals surface area contributed by atoms with Gasteiger partial charge in [0.15, 0.2) is 0 Å². The highest BCUT2D eigenvalue weighted by Crippen LogP contribution is 2.28. The van der Waals surface area contributed by atoms with Crippen molar-refractivity contribution < 1.29 is 9.18 Å².